The zero-order valence-corrected chi connectivity index (χ0v) is 17.7. The highest BCUT2D eigenvalue weighted by molar-refractivity contribution is 6.20. The standard InChI is InChI=1S/C25H24N4O2/c1-16-13-17(2)15-19(14-16)26-25(31)28-23-24(30)29(3)21-12-8-7-11-20(21)22(27-23)18-9-5-4-6-10-18/h4-15,23H,1-3H3,(H2,26,28,31)/t23-/m0/s1. The molecule has 6 heteroatoms. The van der Waals surface area contributed by atoms with Crippen LogP contribution in [0.3, 0.4) is 0 Å². The van der Waals surface area contributed by atoms with Crippen LogP contribution in [0.15, 0.2) is 77.8 Å². The van der Waals surface area contributed by atoms with Gasteiger partial charge in [0.1, 0.15) is 0 Å². The van der Waals surface area contributed by atoms with Crippen LogP contribution < -0.4 is 15.5 Å². The normalized spacial score (nSPS) is 15.6. The lowest BCUT2D eigenvalue weighted by Crippen LogP contribution is -2.47. The molecule has 0 saturated heterocycles. The summed E-state index contributed by atoms with van der Waals surface area (Å²) in [7, 11) is 1.70. The van der Waals surface area contributed by atoms with Crippen molar-refractivity contribution in [1.29, 1.82) is 0 Å². The summed E-state index contributed by atoms with van der Waals surface area (Å²) in [6, 6.07) is 22.6. The van der Waals surface area contributed by atoms with Crippen molar-refractivity contribution >= 4 is 29.0 Å². The van der Waals surface area contributed by atoms with Crippen LogP contribution in [0.5, 0.6) is 0 Å². The summed E-state index contributed by atoms with van der Waals surface area (Å²) in [6.07, 6.45) is -1.06. The average molecular weight is 412 g/mol. The number of carbonyl (C=O) groups excluding carboxylic acids is 2. The Kier molecular flexibility index (Phi) is 5.54. The quantitative estimate of drug-likeness (QED) is 0.674. The zero-order chi connectivity index (χ0) is 22.0. The highest BCUT2D eigenvalue weighted by Gasteiger charge is 2.30. The molecular weight excluding hydrogens is 388 g/mol. The number of para-hydroxylation sites is 1. The molecule has 0 unspecified atom stereocenters. The van der Waals surface area contributed by atoms with E-state index >= 15 is 0 Å². The minimum atomic E-state index is -1.06. The maximum atomic E-state index is 13.2. The minimum absolute atomic E-state index is 0.311. The van der Waals surface area contributed by atoms with Crippen molar-refractivity contribution in [2.45, 2.75) is 20.0 Å². The van der Waals surface area contributed by atoms with E-state index in [0.717, 1.165) is 27.9 Å². The molecule has 3 amide bonds. The first-order chi connectivity index (χ1) is 14.9. The van der Waals surface area contributed by atoms with E-state index in [9.17, 15) is 9.59 Å². The number of hydrogen-bond acceptors (Lipinski definition) is 3. The molecule has 0 saturated carbocycles. The molecule has 1 aliphatic heterocycles. The van der Waals surface area contributed by atoms with Gasteiger partial charge in [0, 0.05) is 23.9 Å². The van der Waals surface area contributed by atoms with Crippen LogP contribution >= 0.6 is 0 Å². The number of urea groups is 1. The van der Waals surface area contributed by atoms with Gasteiger partial charge in [0.05, 0.1) is 11.4 Å². The molecule has 0 bridgehead atoms. The number of benzene rings is 3. The second kappa shape index (κ2) is 8.44. The molecule has 1 heterocycles. The van der Waals surface area contributed by atoms with E-state index < -0.39 is 12.2 Å². The van der Waals surface area contributed by atoms with Gasteiger partial charge in [-0.25, -0.2) is 9.79 Å². The van der Waals surface area contributed by atoms with Gasteiger partial charge in [0.25, 0.3) is 5.91 Å². The Morgan fingerprint density at radius 3 is 2.29 bits per heavy atom. The van der Waals surface area contributed by atoms with Crippen LogP contribution in [-0.2, 0) is 4.79 Å². The molecule has 4 rings (SSSR count). The summed E-state index contributed by atoms with van der Waals surface area (Å²) in [5.41, 5.74) is 5.86. The number of benzodiazepines with no additional fused rings is 1. The van der Waals surface area contributed by atoms with Gasteiger partial charge in [0.2, 0.25) is 6.17 Å². The second-order valence-electron chi connectivity index (χ2n) is 7.64. The first-order valence-corrected chi connectivity index (χ1v) is 10.1. The Balaban J connectivity index is 1.68. The van der Waals surface area contributed by atoms with Gasteiger partial charge in [-0.2, -0.15) is 0 Å². The van der Waals surface area contributed by atoms with Crippen LogP contribution in [0.1, 0.15) is 22.3 Å². The molecule has 3 aromatic rings. The lowest BCUT2D eigenvalue weighted by molar-refractivity contribution is -0.119. The summed E-state index contributed by atoms with van der Waals surface area (Å²) < 4.78 is 0. The number of amides is 3. The van der Waals surface area contributed by atoms with E-state index in [-0.39, 0.29) is 5.91 Å². The summed E-state index contributed by atoms with van der Waals surface area (Å²) in [4.78, 5) is 32.1. The third kappa shape index (κ3) is 4.33. The van der Waals surface area contributed by atoms with Gasteiger partial charge in [-0.05, 0) is 43.2 Å². The molecule has 31 heavy (non-hydrogen) atoms. The number of nitrogens with zero attached hydrogens (tertiary/aromatic N) is 2. The van der Waals surface area contributed by atoms with E-state index in [1.165, 1.54) is 4.90 Å². The number of carbonyl (C=O) groups is 2. The average Bonchev–Trinajstić information content (AvgIpc) is 2.84. The van der Waals surface area contributed by atoms with Gasteiger partial charge in [-0.15, -0.1) is 0 Å². The van der Waals surface area contributed by atoms with Crippen LogP contribution in [0.2, 0.25) is 0 Å². The van der Waals surface area contributed by atoms with Crippen LogP contribution in [-0.4, -0.2) is 30.9 Å². The number of rotatable bonds is 3. The molecule has 1 atom stereocenters. The van der Waals surface area contributed by atoms with Crippen LogP contribution in [0.4, 0.5) is 16.2 Å². The smallest absolute Gasteiger partial charge is 0.311 e. The highest BCUT2D eigenvalue weighted by atomic mass is 16.2. The Hall–Kier alpha value is -3.93. The lowest BCUT2D eigenvalue weighted by Gasteiger charge is -2.21. The van der Waals surface area contributed by atoms with Crippen LogP contribution in [0, 0.1) is 13.8 Å². The molecule has 0 radical (unpaired) electrons. The number of anilines is 2. The largest absolute Gasteiger partial charge is 0.321 e. The number of hydrogen-bond donors (Lipinski definition) is 2. The number of nitrogens with one attached hydrogen (secondary N) is 2. The Morgan fingerprint density at radius 2 is 1.58 bits per heavy atom. The molecule has 6 nitrogen and oxygen atoms in total. The number of fused-ring (bicyclic) bond motifs is 1. The fourth-order valence-electron chi connectivity index (χ4n) is 3.78. The van der Waals surface area contributed by atoms with Crippen molar-refractivity contribution < 1.29 is 9.59 Å². The molecular formula is C25H24N4O2. The van der Waals surface area contributed by atoms with Crippen molar-refractivity contribution in [2.24, 2.45) is 4.99 Å². The van der Waals surface area contributed by atoms with Crippen LogP contribution in [0.25, 0.3) is 0 Å². The van der Waals surface area contributed by atoms with Crippen molar-refractivity contribution in [2.75, 3.05) is 17.3 Å². The summed E-state index contributed by atoms with van der Waals surface area (Å²) in [6.45, 7) is 3.93. The minimum Gasteiger partial charge on any atom is -0.311 e. The maximum absolute atomic E-state index is 13.2. The SMILES string of the molecule is Cc1cc(C)cc(NC(=O)N[C@@H]2N=C(c3ccccc3)c3ccccc3N(C)C2=O)c1. The van der Waals surface area contributed by atoms with Crippen molar-refractivity contribution in [1.82, 2.24) is 5.32 Å². The molecule has 156 valence electrons. The van der Waals surface area contributed by atoms with E-state index in [1.54, 1.807) is 7.05 Å². The molecule has 2 N–H and O–H groups in total. The summed E-state index contributed by atoms with van der Waals surface area (Å²) in [5, 5.41) is 5.54. The number of aliphatic imine (C=N–C) groups is 1. The molecule has 0 aliphatic carbocycles. The third-order valence-corrected chi connectivity index (χ3v) is 5.14. The molecule has 1 aliphatic rings. The molecule has 0 aromatic heterocycles. The first-order valence-electron chi connectivity index (χ1n) is 10.1. The first kappa shape index (κ1) is 20.3. The van der Waals surface area contributed by atoms with Crippen molar-refractivity contribution in [3.63, 3.8) is 0 Å². The lowest BCUT2D eigenvalue weighted by atomic mass is 10.0. The Morgan fingerprint density at radius 1 is 0.935 bits per heavy atom. The van der Waals surface area contributed by atoms with Gasteiger partial charge in [-0.3, -0.25) is 4.79 Å². The Labute approximate surface area is 181 Å². The number of likely N-dealkylation sites (N-methyl/N-ethyl adjacent to an activating group) is 1. The molecule has 0 fully saturated rings. The maximum Gasteiger partial charge on any atom is 0.321 e. The van der Waals surface area contributed by atoms with E-state index in [2.05, 4.69) is 15.6 Å². The van der Waals surface area contributed by atoms with Gasteiger partial charge >= 0.3 is 6.03 Å². The van der Waals surface area contributed by atoms with E-state index in [4.69, 9.17) is 0 Å². The molecule has 0 spiro atoms. The summed E-state index contributed by atoms with van der Waals surface area (Å²) >= 11 is 0. The Bertz CT molecular complexity index is 1150. The van der Waals surface area contributed by atoms with Gasteiger partial charge in [0.15, 0.2) is 0 Å². The van der Waals surface area contributed by atoms with E-state index in [1.807, 2.05) is 86.6 Å². The monoisotopic (exact) mass is 412 g/mol. The fraction of sp³-hybridized carbons (Fsp3) is 0.160. The van der Waals surface area contributed by atoms with Gasteiger partial charge < -0.3 is 15.5 Å². The zero-order valence-electron chi connectivity index (χ0n) is 17.7. The molecule has 3 aromatic carbocycles. The van der Waals surface area contributed by atoms with Gasteiger partial charge in [-0.1, -0.05) is 54.6 Å². The second-order valence-corrected chi connectivity index (χ2v) is 7.64. The van der Waals surface area contributed by atoms with E-state index in [0.29, 0.717) is 11.4 Å². The predicted molar refractivity (Wildman–Crippen MR) is 124 cm³/mol. The van der Waals surface area contributed by atoms with Crippen molar-refractivity contribution in [3.8, 4) is 0 Å². The van der Waals surface area contributed by atoms with Crippen molar-refractivity contribution in [3.05, 3.63) is 95.1 Å². The number of aryl methyl sites for hydroxylation is 2. The topological polar surface area (TPSA) is 73.8 Å². The highest BCUT2D eigenvalue weighted by Crippen LogP contribution is 2.27. The summed E-state index contributed by atoms with van der Waals surface area (Å²) in [5.74, 6) is -0.311. The third-order valence-electron chi connectivity index (χ3n) is 5.14. The fourth-order valence-corrected chi connectivity index (χ4v) is 3.78. The predicted octanol–water partition coefficient (Wildman–Crippen LogP) is 4.27.